The number of aryl methyl sites for hydroxylation is 1. The number of rotatable bonds is 0. The van der Waals surface area contributed by atoms with Gasteiger partial charge in [-0.2, -0.15) is 0 Å². The van der Waals surface area contributed by atoms with Gasteiger partial charge in [-0.05, 0) is 42.3 Å². The zero-order chi connectivity index (χ0) is 14.6. The van der Waals surface area contributed by atoms with Crippen molar-refractivity contribution in [3.8, 4) is 0 Å². The maximum Gasteiger partial charge on any atom is 0.283 e. The van der Waals surface area contributed by atoms with Gasteiger partial charge in [-0.3, -0.25) is 5.41 Å². The Morgan fingerprint density at radius 2 is 1.90 bits per heavy atom. The first-order chi connectivity index (χ1) is 10.2. The second kappa shape index (κ2) is 4.14. The summed E-state index contributed by atoms with van der Waals surface area (Å²) in [5.74, 6) is 1.70. The molecule has 0 bridgehead atoms. The Morgan fingerprint density at radius 1 is 1.14 bits per heavy atom. The average molecular weight is 278 g/mol. The molecular weight excluding hydrogens is 264 g/mol. The Balaban J connectivity index is 2.46. The van der Waals surface area contributed by atoms with Crippen molar-refractivity contribution in [2.75, 3.05) is 0 Å². The van der Waals surface area contributed by atoms with E-state index < -0.39 is 5.95 Å². The van der Waals surface area contributed by atoms with E-state index in [1.165, 1.54) is 0 Å². The molecule has 1 aromatic heterocycles. The maximum atomic E-state index is 9.71. The molecule has 4 N–H and O–H groups in total. The van der Waals surface area contributed by atoms with Crippen LogP contribution in [0.25, 0.3) is 27.8 Å². The SMILES string of the molecule is N=C=c1c(=C(O)O)c2c(c3[nH]c4ccccc4c13)CCC2. The number of para-hydroxylation sites is 1. The molecule has 3 aromatic rings. The average Bonchev–Trinajstić information content (AvgIpc) is 3.09. The molecule has 104 valence electrons. The third kappa shape index (κ3) is 1.48. The first-order valence-electron chi connectivity index (χ1n) is 6.98. The number of H-pyrrole nitrogens is 1. The number of fused-ring (bicyclic) bond motifs is 5. The minimum atomic E-state index is -0.713. The second-order valence-corrected chi connectivity index (χ2v) is 5.43. The van der Waals surface area contributed by atoms with E-state index in [4.69, 9.17) is 5.41 Å². The molecule has 21 heavy (non-hydrogen) atoms. The summed E-state index contributed by atoms with van der Waals surface area (Å²) in [6.07, 6.45) is 2.70. The van der Waals surface area contributed by atoms with Gasteiger partial charge in [0.25, 0.3) is 5.95 Å². The number of aromatic amines is 1. The molecule has 1 aliphatic rings. The van der Waals surface area contributed by atoms with Crippen molar-refractivity contribution in [1.82, 2.24) is 4.98 Å². The molecule has 0 saturated heterocycles. The molecule has 0 saturated carbocycles. The summed E-state index contributed by atoms with van der Waals surface area (Å²) in [5, 5.41) is 29.7. The largest absolute Gasteiger partial charge is 0.481 e. The molecular formula is C17H14N2O2. The third-order valence-corrected chi connectivity index (χ3v) is 4.38. The second-order valence-electron chi connectivity index (χ2n) is 5.43. The molecule has 4 heteroatoms. The standard InChI is InChI=1S/C17H14N2O2/c18-8-12-14-11-4-1-2-7-13(11)19-16(14)10-6-3-5-9(10)15(12)17(20)21/h1-2,4,7,18-21H,3,5-6H2. The molecule has 0 atom stereocenters. The summed E-state index contributed by atoms with van der Waals surface area (Å²) in [6.45, 7) is 0. The zero-order valence-corrected chi connectivity index (χ0v) is 11.3. The van der Waals surface area contributed by atoms with E-state index in [2.05, 4.69) is 10.9 Å². The van der Waals surface area contributed by atoms with Gasteiger partial charge in [-0.25, -0.2) is 0 Å². The summed E-state index contributed by atoms with van der Waals surface area (Å²) in [6, 6.07) is 7.88. The number of benzene rings is 2. The van der Waals surface area contributed by atoms with E-state index in [9.17, 15) is 10.2 Å². The Kier molecular flexibility index (Phi) is 2.38. The van der Waals surface area contributed by atoms with Gasteiger partial charge < -0.3 is 15.2 Å². The fourth-order valence-corrected chi connectivity index (χ4v) is 3.57. The number of aliphatic hydroxyl groups excluding tert-OH is 1. The Morgan fingerprint density at radius 3 is 2.67 bits per heavy atom. The van der Waals surface area contributed by atoms with Crippen LogP contribution in [-0.2, 0) is 12.8 Å². The summed E-state index contributed by atoms with van der Waals surface area (Å²) >= 11 is 0. The fourth-order valence-electron chi connectivity index (χ4n) is 3.57. The van der Waals surface area contributed by atoms with Crippen molar-refractivity contribution >= 4 is 33.6 Å². The van der Waals surface area contributed by atoms with Gasteiger partial charge in [0.2, 0.25) is 0 Å². The predicted octanol–water partition coefficient (Wildman–Crippen LogP) is 1.91. The Bertz CT molecular complexity index is 1040. The molecule has 0 radical (unpaired) electrons. The Hall–Kier alpha value is -2.71. The van der Waals surface area contributed by atoms with Crippen molar-refractivity contribution in [1.29, 1.82) is 5.41 Å². The van der Waals surface area contributed by atoms with Crippen LogP contribution in [0.4, 0.5) is 0 Å². The lowest BCUT2D eigenvalue weighted by atomic mass is 10.00. The lowest BCUT2D eigenvalue weighted by molar-refractivity contribution is 0.297. The van der Waals surface area contributed by atoms with E-state index in [1.54, 1.807) is 0 Å². The Labute approximate surface area is 120 Å². The van der Waals surface area contributed by atoms with Crippen molar-refractivity contribution in [3.63, 3.8) is 0 Å². The minimum absolute atomic E-state index is 0.370. The van der Waals surface area contributed by atoms with E-state index >= 15 is 0 Å². The van der Waals surface area contributed by atoms with Gasteiger partial charge in [-0.15, -0.1) is 0 Å². The summed E-state index contributed by atoms with van der Waals surface area (Å²) < 4.78 is 0. The van der Waals surface area contributed by atoms with E-state index in [1.807, 2.05) is 24.3 Å². The first-order valence-corrected chi connectivity index (χ1v) is 6.98. The van der Waals surface area contributed by atoms with Gasteiger partial charge >= 0.3 is 0 Å². The third-order valence-electron chi connectivity index (χ3n) is 4.38. The van der Waals surface area contributed by atoms with Crippen molar-refractivity contribution < 1.29 is 10.2 Å². The number of hydrogen-bond acceptors (Lipinski definition) is 3. The molecule has 1 aliphatic carbocycles. The van der Waals surface area contributed by atoms with Crippen LogP contribution in [-0.4, -0.2) is 21.1 Å². The van der Waals surface area contributed by atoms with Crippen molar-refractivity contribution in [2.24, 2.45) is 0 Å². The summed E-state index contributed by atoms with van der Waals surface area (Å²) in [5.41, 5.74) is 4.07. The van der Waals surface area contributed by atoms with Crippen LogP contribution in [0.5, 0.6) is 0 Å². The van der Waals surface area contributed by atoms with Gasteiger partial charge in [-0.1, -0.05) is 18.2 Å². The molecule has 4 rings (SSSR count). The molecule has 0 fully saturated rings. The number of aromatic nitrogens is 1. The van der Waals surface area contributed by atoms with Crippen LogP contribution in [0.15, 0.2) is 24.3 Å². The van der Waals surface area contributed by atoms with Gasteiger partial charge in [0.05, 0.1) is 16.0 Å². The number of aliphatic hydroxyl groups is 2. The van der Waals surface area contributed by atoms with Crippen molar-refractivity contribution in [2.45, 2.75) is 19.3 Å². The smallest absolute Gasteiger partial charge is 0.283 e. The van der Waals surface area contributed by atoms with Crippen LogP contribution in [0.1, 0.15) is 17.5 Å². The van der Waals surface area contributed by atoms with Crippen molar-refractivity contribution in [3.05, 3.63) is 45.8 Å². The van der Waals surface area contributed by atoms with E-state index in [-0.39, 0.29) is 0 Å². The highest BCUT2D eigenvalue weighted by atomic mass is 16.5. The monoisotopic (exact) mass is 278 g/mol. The van der Waals surface area contributed by atoms with Gasteiger partial charge in [0.15, 0.2) is 0 Å². The molecule has 0 unspecified atom stereocenters. The minimum Gasteiger partial charge on any atom is -0.481 e. The van der Waals surface area contributed by atoms with Crippen LogP contribution in [0, 0.1) is 5.41 Å². The quantitative estimate of drug-likeness (QED) is 0.474. The predicted molar refractivity (Wildman–Crippen MR) is 82.6 cm³/mol. The van der Waals surface area contributed by atoms with Crippen LogP contribution in [0.3, 0.4) is 0 Å². The number of nitrogens with one attached hydrogen (secondary N) is 2. The molecule has 2 aromatic carbocycles. The van der Waals surface area contributed by atoms with E-state index in [0.717, 1.165) is 52.2 Å². The fraction of sp³-hybridized carbons (Fsp3) is 0.176. The summed E-state index contributed by atoms with van der Waals surface area (Å²) in [7, 11) is 0. The highest BCUT2D eigenvalue weighted by molar-refractivity contribution is 6.09. The lowest BCUT2D eigenvalue weighted by Crippen LogP contribution is -2.33. The van der Waals surface area contributed by atoms with Crippen LogP contribution in [0.2, 0.25) is 0 Å². The van der Waals surface area contributed by atoms with Crippen LogP contribution < -0.4 is 10.4 Å². The maximum absolute atomic E-state index is 9.71. The summed E-state index contributed by atoms with van der Waals surface area (Å²) in [4.78, 5) is 3.42. The highest BCUT2D eigenvalue weighted by Gasteiger charge is 2.21. The number of hydrogen-bond donors (Lipinski definition) is 4. The van der Waals surface area contributed by atoms with Gasteiger partial charge in [0, 0.05) is 16.3 Å². The topological polar surface area (TPSA) is 80.1 Å². The first kappa shape index (κ1) is 12.1. The molecule has 0 aliphatic heterocycles. The molecule has 0 spiro atoms. The normalized spacial score (nSPS) is 13.5. The van der Waals surface area contributed by atoms with Crippen LogP contribution >= 0.6 is 0 Å². The zero-order valence-electron chi connectivity index (χ0n) is 11.3. The lowest BCUT2D eigenvalue weighted by Gasteiger charge is -2.04. The molecule has 0 amide bonds. The highest BCUT2D eigenvalue weighted by Crippen LogP contribution is 2.29. The molecule has 4 nitrogen and oxygen atoms in total. The van der Waals surface area contributed by atoms with Gasteiger partial charge in [0.1, 0.15) is 0 Å². The van der Waals surface area contributed by atoms with E-state index in [0.29, 0.717) is 10.4 Å². The molecule has 1 heterocycles.